The van der Waals surface area contributed by atoms with E-state index in [0.29, 0.717) is 16.7 Å². The molecule has 4 aliphatic heterocycles. The Bertz CT molecular complexity index is 2580. The summed E-state index contributed by atoms with van der Waals surface area (Å²) < 4.78 is 10.5. The highest BCUT2D eigenvalue weighted by Crippen LogP contribution is 2.46. The molecule has 67 heavy (non-hydrogen) atoms. The lowest BCUT2D eigenvalue weighted by molar-refractivity contribution is -0.150. The summed E-state index contributed by atoms with van der Waals surface area (Å²) in [7, 11) is 0. The minimum Gasteiger partial charge on any atom is -0.477 e. The van der Waals surface area contributed by atoms with Gasteiger partial charge in [-0.3, -0.25) is 19.3 Å². The third-order valence-corrected chi connectivity index (χ3v) is 13.3. The fourth-order valence-corrected chi connectivity index (χ4v) is 10.4. The predicted octanol–water partition coefficient (Wildman–Crippen LogP) is 4.79. The van der Waals surface area contributed by atoms with Crippen molar-refractivity contribution in [3.63, 3.8) is 0 Å². The molecule has 3 saturated heterocycles. The molecular weight excluding hydrogens is 901 g/mol. The van der Waals surface area contributed by atoms with Crippen molar-refractivity contribution < 1.29 is 48.2 Å². The van der Waals surface area contributed by atoms with Gasteiger partial charge in [-0.15, -0.1) is 23.1 Å². The zero-order valence-electron chi connectivity index (χ0n) is 35.7. The molecule has 2 atom stereocenters. The number of thiazole rings is 1. The smallest absolute Gasteiger partial charge is 0.429 e. The number of thioether (sulfide) groups is 1. The number of nitrogens with zero attached hydrogens (tertiary/aromatic N) is 5. The molecule has 4 aliphatic rings. The number of β-lactam (4-membered cyclic amide) rings is 1. The van der Waals surface area contributed by atoms with Crippen molar-refractivity contribution in [1.29, 1.82) is 0 Å². The van der Waals surface area contributed by atoms with Gasteiger partial charge in [0.15, 0.2) is 10.8 Å². The minimum atomic E-state index is -1.47. The minimum absolute atomic E-state index is 0.0344. The molecule has 3 aromatic carbocycles. The average molecular weight is 945 g/mol. The fourth-order valence-electron chi connectivity index (χ4n) is 8.49. The van der Waals surface area contributed by atoms with Crippen LogP contribution in [0.4, 0.5) is 14.7 Å². The van der Waals surface area contributed by atoms with Gasteiger partial charge in [-0.1, -0.05) is 121 Å². The zero-order valence-corrected chi connectivity index (χ0v) is 37.4. The number of rotatable bonds is 15. The summed E-state index contributed by atoms with van der Waals surface area (Å²) in [5.41, 5.74) is 6.80. The number of anilines is 1. The van der Waals surface area contributed by atoms with E-state index in [-0.39, 0.29) is 78.3 Å². The lowest BCUT2D eigenvalue weighted by Crippen LogP contribution is -2.71. The first kappa shape index (κ1) is 45.8. The Kier molecular flexibility index (Phi) is 13.5. The van der Waals surface area contributed by atoms with E-state index in [9.17, 15) is 33.9 Å². The predicted molar refractivity (Wildman–Crippen MR) is 248 cm³/mol. The maximum atomic E-state index is 14.5. The van der Waals surface area contributed by atoms with Crippen molar-refractivity contribution in [3.05, 3.63) is 166 Å². The number of hydrogen-bond acceptors (Lipinski definition) is 14. The number of hydrazine groups is 1. The molecule has 0 unspecified atom stereocenters. The SMILES string of the molecule is C=CCOC(=O)N1CC(C(=C2CCNC2=O)C2=C(C(=O)O)N3C(=O)[C@@H](NC(=O)C(=NOC(c4ccccc4)(c4ccccc4)c4ccccc4)c4csc(N)n4)[C@H]3SC2)CN1C(=O)OCC=C. The molecule has 18 nitrogen and oxygen atoms in total. The first-order valence-corrected chi connectivity index (χ1v) is 22.9. The van der Waals surface area contributed by atoms with Crippen LogP contribution in [0.5, 0.6) is 0 Å². The molecule has 20 heteroatoms. The van der Waals surface area contributed by atoms with Crippen LogP contribution in [-0.4, -0.2) is 117 Å². The lowest BCUT2D eigenvalue weighted by Gasteiger charge is -2.50. The van der Waals surface area contributed by atoms with Gasteiger partial charge in [-0.05, 0) is 17.6 Å². The molecule has 1 aromatic heterocycles. The molecule has 0 aliphatic carbocycles. The van der Waals surface area contributed by atoms with E-state index >= 15 is 0 Å². The van der Waals surface area contributed by atoms with Gasteiger partial charge in [-0.2, -0.15) is 0 Å². The molecule has 0 bridgehead atoms. The molecule has 4 aromatic rings. The van der Waals surface area contributed by atoms with E-state index in [1.54, 1.807) is 0 Å². The summed E-state index contributed by atoms with van der Waals surface area (Å²) in [6, 6.07) is 26.9. The Morgan fingerprint density at radius 1 is 0.896 bits per heavy atom. The number of aromatic nitrogens is 1. The third-order valence-electron chi connectivity index (χ3n) is 11.4. The zero-order chi connectivity index (χ0) is 47.2. The maximum Gasteiger partial charge on any atom is 0.429 e. The summed E-state index contributed by atoms with van der Waals surface area (Å²) in [4.78, 5) is 94.1. The van der Waals surface area contributed by atoms with Crippen LogP contribution in [-0.2, 0) is 39.1 Å². The standard InChI is InChI=1S/C47H44N8O10S2/c1-3-22-63-45(61)53-24-28(25-54(53)46(62)64-23-4-2)35(32-20-21-49-39(32)56)33-26-66-42-37(41(58)55(42)38(33)43(59)60)51-40(57)36(34-27-67-44(48)50-34)52-65-47(29-14-8-5-9-15-29,30-16-10-6-11-17-30)31-18-12-7-13-19-31/h3-19,27-28,37,42H,1-2,20-26H2,(H2,48,50)(H,49,56)(H,51,57)(H,59,60)/t37-,42-/m1/s1. The number of carboxylic acid groups (broad SMARTS) is 1. The number of nitrogen functional groups attached to an aromatic ring is 1. The molecule has 0 saturated carbocycles. The summed E-state index contributed by atoms with van der Waals surface area (Å²) in [5.74, 6) is -4.37. The van der Waals surface area contributed by atoms with Crippen LogP contribution >= 0.6 is 23.1 Å². The number of carbonyl (C=O) groups excluding carboxylic acids is 5. The molecule has 344 valence electrons. The van der Waals surface area contributed by atoms with E-state index in [1.807, 2.05) is 91.0 Å². The van der Waals surface area contributed by atoms with Gasteiger partial charge < -0.3 is 35.8 Å². The number of nitrogens with one attached hydrogen (secondary N) is 2. The number of fused-ring (bicyclic) bond motifs is 1. The van der Waals surface area contributed by atoms with Crippen LogP contribution < -0.4 is 16.4 Å². The van der Waals surface area contributed by atoms with Crippen LogP contribution in [0.15, 0.2) is 149 Å². The Labute approximate surface area is 392 Å². The topological polar surface area (TPSA) is 235 Å². The van der Waals surface area contributed by atoms with Crippen molar-refractivity contribution in [1.82, 2.24) is 30.5 Å². The number of nitrogens with two attached hydrogens (primary N) is 1. The van der Waals surface area contributed by atoms with Gasteiger partial charge in [-0.25, -0.2) is 29.4 Å². The lowest BCUT2D eigenvalue weighted by atomic mass is 9.80. The normalized spacial score (nSPS) is 19.2. The molecule has 0 radical (unpaired) electrons. The van der Waals surface area contributed by atoms with Crippen molar-refractivity contribution in [2.24, 2.45) is 11.1 Å². The van der Waals surface area contributed by atoms with Crippen molar-refractivity contribution >= 4 is 69.8 Å². The number of carbonyl (C=O) groups is 6. The molecule has 5 heterocycles. The molecule has 8 rings (SSSR count). The number of amides is 5. The number of oxime groups is 1. The highest BCUT2D eigenvalue weighted by Gasteiger charge is 2.56. The summed E-state index contributed by atoms with van der Waals surface area (Å²) in [5, 5.41) is 23.7. The van der Waals surface area contributed by atoms with Gasteiger partial charge >= 0.3 is 18.2 Å². The summed E-state index contributed by atoms with van der Waals surface area (Å²) >= 11 is 2.24. The number of benzene rings is 3. The summed E-state index contributed by atoms with van der Waals surface area (Å²) in [6.45, 7) is 6.64. The van der Waals surface area contributed by atoms with E-state index in [0.717, 1.165) is 26.3 Å². The Hall–Kier alpha value is -7.71. The number of hydrogen-bond donors (Lipinski definition) is 4. The average Bonchev–Trinajstić information content (AvgIpc) is 4.11. The van der Waals surface area contributed by atoms with Crippen LogP contribution in [0.1, 0.15) is 28.8 Å². The van der Waals surface area contributed by atoms with E-state index in [4.69, 9.17) is 20.0 Å². The van der Waals surface area contributed by atoms with Crippen LogP contribution in [0.2, 0.25) is 0 Å². The van der Waals surface area contributed by atoms with Crippen LogP contribution in [0.25, 0.3) is 0 Å². The van der Waals surface area contributed by atoms with Gasteiger partial charge in [0.25, 0.3) is 11.8 Å². The van der Waals surface area contributed by atoms with E-state index in [2.05, 4.69) is 33.9 Å². The molecule has 0 spiro atoms. The highest BCUT2D eigenvalue weighted by atomic mass is 32.2. The van der Waals surface area contributed by atoms with E-state index in [1.165, 1.54) is 29.3 Å². The van der Waals surface area contributed by atoms with Gasteiger partial charge in [0, 0.05) is 45.9 Å². The second kappa shape index (κ2) is 19.8. The summed E-state index contributed by atoms with van der Waals surface area (Å²) in [6.07, 6.45) is 1.10. The molecule has 3 fully saturated rings. The fraction of sp³-hybridized carbons (Fsp3) is 0.234. The Morgan fingerprint density at radius 2 is 1.45 bits per heavy atom. The van der Waals surface area contributed by atoms with Crippen molar-refractivity contribution in [2.45, 2.75) is 23.4 Å². The van der Waals surface area contributed by atoms with Gasteiger partial charge in [0.2, 0.25) is 11.5 Å². The Balaban J connectivity index is 1.13. The van der Waals surface area contributed by atoms with Gasteiger partial charge in [0.05, 0.1) is 13.1 Å². The Morgan fingerprint density at radius 3 is 1.91 bits per heavy atom. The monoisotopic (exact) mass is 944 g/mol. The highest BCUT2D eigenvalue weighted by molar-refractivity contribution is 8.00. The largest absolute Gasteiger partial charge is 0.477 e. The first-order valence-electron chi connectivity index (χ1n) is 21.0. The van der Waals surface area contributed by atoms with Crippen LogP contribution in [0.3, 0.4) is 0 Å². The van der Waals surface area contributed by atoms with Gasteiger partial charge in [0.1, 0.15) is 36.0 Å². The number of aliphatic carboxylic acids is 1. The third kappa shape index (κ3) is 8.87. The van der Waals surface area contributed by atoms with Crippen molar-refractivity contribution in [2.75, 3.05) is 44.3 Å². The second-order valence-electron chi connectivity index (χ2n) is 15.4. The van der Waals surface area contributed by atoms with E-state index < -0.39 is 64.5 Å². The quantitative estimate of drug-likeness (QED) is 0.0314. The number of ether oxygens (including phenoxy) is 2. The van der Waals surface area contributed by atoms with Crippen LogP contribution in [0, 0.1) is 5.92 Å². The maximum absolute atomic E-state index is 14.5. The van der Waals surface area contributed by atoms with Crippen molar-refractivity contribution in [3.8, 4) is 0 Å². The second-order valence-corrected chi connectivity index (χ2v) is 17.4. The molecule has 5 N–H and O–H groups in total. The molecule has 5 amide bonds. The number of carboxylic acids is 1. The molecular formula is C47H44N8O10S2. The first-order chi connectivity index (χ1) is 32.5.